The normalized spacial score (nSPS) is 30.4. The number of methoxy groups -OCH3 is 3. The van der Waals surface area contributed by atoms with Gasteiger partial charge in [0.15, 0.2) is 6.10 Å². The molecular weight excluding hydrogens is 624 g/mol. The summed E-state index contributed by atoms with van der Waals surface area (Å²) >= 11 is 0. The van der Waals surface area contributed by atoms with Crippen molar-refractivity contribution in [3.8, 4) is 0 Å². The van der Waals surface area contributed by atoms with Crippen LogP contribution in [-0.2, 0) is 54.0 Å². The Morgan fingerprint density at radius 2 is 1.46 bits per heavy atom. The average Bonchev–Trinajstić information content (AvgIpc) is 3.28. The number of hydrogen-bond acceptors (Lipinski definition) is 12. The molecule has 12 heteroatoms. The molecule has 2 aliphatic heterocycles. The lowest BCUT2D eigenvalue weighted by molar-refractivity contribution is -0.375. The van der Waals surface area contributed by atoms with Crippen molar-refractivity contribution in [2.24, 2.45) is 23.7 Å². The Hall–Kier alpha value is -3.06. The number of ether oxygens (including phenoxy) is 6. The van der Waals surface area contributed by atoms with E-state index in [1.165, 1.54) is 5.56 Å². The third-order valence-corrected chi connectivity index (χ3v) is 9.95. The maximum atomic E-state index is 13.8. The molecule has 2 saturated heterocycles. The summed E-state index contributed by atoms with van der Waals surface area (Å²) in [6, 6.07) is 10.1. The van der Waals surface area contributed by atoms with Crippen molar-refractivity contribution in [3.63, 3.8) is 0 Å². The first-order valence-electron chi connectivity index (χ1n) is 16.9. The van der Waals surface area contributed by atoms with Crippen molar-refractivity contribution >= 4 is 23.9 Å². The highest BCUT2D eigenvalue weighted by Crippen LogP contribution is 2.56. The number of rotatable bonds is 17. The molecule has 1 unspecified atom stereocenters. The number of esters is 4. The van der Waals surface area contributed by atoms with Crippen LogP contribution in [0.5, 0.6) is 0 Å². The molecule has 2 bridgehead atoms. The van der Waals surface area contributed by atoms with Crippen molar-refractivity contribution in [2.45, 2.75) is 121 Å². The van der Waals surface area contributed by atoms with Gasteiger partial charge >= 0.3 is 23.9 Å². The van der Waals surface area contributed by atoms with Crippen molar-refractivity contribution in [1.82, 2.24) is 0 Å². The van der Waals surface area contributed by atoms with E-state index in [9.17, 15) is 29.4 Å². The lowest BCUT2D eigenvalue weighted by Gasteiger charge is -2.49. The largest absolute Gasteiger partial charge is 0.467 e. The van der Waals surface area contributed by atoms with Crippen LogP contribution in [0.15, 0.2) is 30.3 Å². The molecule has 2 heterocycles. The first-order valence-corrected chi connectivity index (χ1v) is 16.9. The fourth-order valence-electron chi connectivity index (χ4n) is 7.21. The van der Waals surface area contributed by atoms with Gasteiger partial charge in [-0.05, 0) is 61.3 Å². The fraction of sp³-hybridized carbons (Fsp3) is 0.722. The van der Waals surface area contributed by atoms with E-state index in [1.807, 2.05) is 32.0 Å². The highest BCUT2D eigenvalue weighted by molar-refractivity contribution is 5.99. The highest BCUT2D eigenvalue weighted by atomic mass is 16.8. The first kappa shape index (κ1) is 39.4. The van der Waals surface area contributed by atoms with Crippen LogP contribution < -0.4 is 0 Å². The van der Waals surface area contributed by atoms with Gasteiger partial charge in [-0.25, -0.2) is 14.4 Å². The zero-order chi connectivity index (χ0) is 35.9. The van der Waals surface area contributed by atoms with Gasteiger partial charge in [-0.3, -0.25) is 4.79 Å². The Kier molecular flexibility index (Phi) is 13.6. The van der Waals surface area contributed by atoms with Crippen molar-refractivity contribution in [3.05, 3.63) is 35.9 Å². The number of fused-ring (bicyclic) bond motifs is 2. The van der Waals surface area contributed by atoms with Gasteiger partial charge in [-0.2, -0.15) is 0 Å². The minimum Gasteiger partial charge on any atom is -0.467 e. The fourth-order valence-corrected chi connectivity index (χ4v) is 7.21. The Morgan fingerprint density at radius 1 is 0.854 bits per heavy atom. The van der Waals surface area contributed by atoms with E-state index < -0.39 is 59.2 Å². The van der Waals surface area contributed by atoms with E-state index in [1.54, 1.807) is 0 Å². The highest BCUT2D eigenvalue weighted by Gasteiger charge is 2.86. The molecule has 2 aliphatic rings. The van der Waals surface area contributed by atoms with Gasteiger partial charge in [0.05, 0.1) is 21.3 Å². The number of carbonyl (C=O) groups excluding carboxylic acids is 4. The predicted octanol–water partition coefficient (Wildman–Crippen LogP) is 3.91. The molecule has 12 nitrogen and oxygen atoms in total. The summed E-state index contributed by atoms with van der Waals surface area (Å²) in [5.74, 6) is -6.18. The lowest BCUT2D eigenvalue weighted by atomic mass is 9.74. The van der Waals surface area contributed by atoms with Crippen LogP contribution in [-0.4, -0.2) is 90.7 Å². The quantitative estimate of drug-likeness (QED) is 0.181. The maximum Gasteiger partial charge on any atom is 0.346 e. The number of hydrogen-bond donors (Lipinski definition) is 2. The molecule has 1 aromatic rings. The Balaban J connectivity index is 1.98. The molecule has 270 valence electrons. The minimum atomic E-state index is -3.28. The molecule has 1 aromatic carbocycles. The molecule has 0 amide bonds. The van der Waals surface area contributed by atoms with Gasteiger partial charge in [-0.1, -0.05) is 71.4 Å². The summed E-state index contributed by atoms with van der Waals surface area (Å²) in [4.78, 5) is 53.7. The van der Waals surface area contributed by atoms with Crippen LogP contribution >= 0.6 is 0 Å². The zero-order valence-electron chi connectivity index (χ0n) is 29.6. The second-order valence-corrected chi connectivity index (χ2v) is 13.8. The Morgan fingerprint density at radius 3 is 2.04 bits per heavy atom. The predicted molar refractivity (Wildman–Crippen MR) is 173 cm³/mol. The van der Waals surface area contributed by atoms with Gasteiger partial charge in [0.1, 0.15) is 6.10 Å². The molecule has 3 rings (SSSR count). The number of aliphatic hydroxyl groups excluding tert-OH is 1. The van der Waals surface area contributed by atoms with Gasteiger partial charge in [0, 0.05) is 12.8 Å². The summed E-state index contributed by atoms with van der Waals surface area (Å²) < 4.78 is 32.7. The van der Waals surface area contributed by atoms with Crippen LogP contribution in [0.4, 0.5) is 0 Å². The maximum absolute atomic E-state index is 13.8. The van der Waals surface area contributed by atoms with Crippen LogP contribution in [0.3, 0.4) is 0 Å². The third kappa shape index (κ3) is 7.87. The van der Waals surface area contributed by atoms with Crippen molar-refractivity contribution in [1.29, 1.82) is 0 Å². The van der Waals surface area contributed by atoms with Crippen LogP contribution in [0, 0.1) is 23.7 Å². The van der Waals surface area contributed by atoms with E-state index in [0.29, 0.717) is 24.7 Å². The Bertz CT molecular complexity index is 1250. The van der Waals surface area contributed by atoms with Gasteiger partial charge < -0.3 is 38.6 Å². The number of carbonyl (C=O) groups is 4. The van der Waals surface area contributed by atoms with E-state index in [4.69, 9.17) is 28.4 Å². The molecule has 0 spiro atoms. The second-order valence-electron chi connectivity index (χ2n) is 13.8. The summed E-state index contributed by atoms with van der Waals surface area (Å²) in [7, 11) is 2.90. The molecule has 0 aliphatic carbocycles. The van der Waals surface area contributed by atoms with E-state index in [-0.39, 0.29) is 24.7 Å². The van der Waals surface area contributed by atoms with Crippen LogP contribution in [0.25, 0.3) is 0 Å². The molecule has 10 atom stereocenters. The number of aliphatic hydroxyl groups is 2. The van der Waals surface area contributed by atoms with Gasteiger partial charge in [0.25, 0.3) is 5.60 Å². The molecule has 0 saturated carbocycles. The molecule has 0 aromatic heterocycles. The molecule has 2 N–H and O–H groups in total. The SMILES string of the molecule is CC[C@H](C)C[C@H](C)CCC(=O)O[C@@H]1[C@@H](O)[C@@]2(CCC(C)C[C@H](C)Cc3ccccc3)O[C@H](C(=O)OC)[C@@](O)(C(=O)OC)[C@]1(C(=O)OC)O2. The van der Waals surface area contributed by atoms with Gasteiger partial charge in [-0.15, -0.1) is 0 Å². The minimum absolute atomic E-state index is 0.0385. The summed E-state index contributed by atoms with van der Waals surface area (Å²) in [5.41, 5.74) is -5.04. The zero-order valence-corrected chi connectivity index (χ0v) is 29.6. The first-order chi connectivity index (χ1) is 22.6. The van der Waals surface area contributed by atoms with E-state index in [0.717, 1.165) is 47.0 Å². The molecule has 48 heavy (non-hydrogen) atoms. The monoisotopic (exact) mass is 678 g/mol. The number of benzene rings is 1. The van der Waals surface area contributed by atoms with Crippen molar-refractivity contribution < 1.29 is 57.8 Å². The summed E-state index contributed by atoms with van der Waals surface area (Å²) in [6.07, 6.45) is -2.04. The summed E-state index contributed by atoms with van der Waals surface area (Å²) in [6.45, 7) is 10.4. The van der Waals surface area contributed by atoms with Gasteiger partial charge in [0.2, 0.25) is 17.5 Å². The molecular formula is C36H54O12. The molecule has 0 radical (unpaired) electrons. The third-order valence-electron chi connectivity index (χ3n) is 9.95. The lowest BCUT2D eigenvalue weighted by Crippen LogP contribution is -2.78. The molecule has 2 fully saturated rings. The second kappa shape index (κ2) is 16.6. The Labute approximate surface area is 283 Å². The smallest absolute Gasteiger partial charge is 0.346 e. The van der Waals surface area contributed by atoms with Crippen LogP contribution in [0.1, 0.15) is 85.1 Å². The van der Waals surface area contributed by atoms with Crippen molar-refractivity contribution in [2.75, 3.05) is 21.3 Å². The van der Waals surface area contributed by atoms with E-state index in [2.05, 4.69) is 32.9 Å². The summed E-state index contributed by atoms with van der Waals surface area (Å²) in [5, 5.41) is 24.0. The standard InChI is InChI=1S/C36H54O12/c1-9-22(2)19-23(3)15-16-27(37)46-29-28(38)34(18-17-24(4)20-25(5)21-26-13-11-10-12-14-26)47-30(31(39)43-6)35(42,32(40)44-7)36(29,48-34)33(41)45-8/h10-14,22-25,28-30,38,42H,9,15-21H2,1-8H3/t22-,23+,24?,25-,28+,29+,30+,34-,35+,36-/m0/s1. The van der Waals surface area contributed by atoms with Crippen LogP contribution in [0.2, 0.25) is 0 Å². The van der Waals surface area contributed by atoms with E-state index >= 15 is 0 Å². The topological polar surface area (TPSA) is 164 Å². The average molecular weight is 679 g/mol.